The van der Waals surface area contributed by atoms with Gasteiger partial charge in [-0.05, 0) is 37.0 Å². The molecule has 21 heavy (non-hydrogen) atoms. The summed E-state index contributed by atoms with van der Waals surface area (Å²) in [5, 5.41) is 3.58. The van der Waals surface area contributed by atoms with Crippen molar-refractivity contribution in [2.45, 2.75) is 38.0 Å². The fourth-order valence-electron chi connectivity index (χ4n) is 2.27. The van der Waals surface area contributed by atoms with Crippen molar-refractivity contribution in [3.8, 4) is 0 Å². The summed E-state index contributed by atoms with van der Waals surface area (Å²) in [5.74, 6) is 0.168. The topological polar surface area (TPSA) is 50.4 Å². The summed E-state index contributed by atoms with van der Waals surface area (Å²) in [7, 11) is 0. The molecule has 0 amide bonds. The van der Waals surface area contributed by atoms with Crippen LogP contribution < -0.4 is 11.1 Å². The van der Waals surface area contributed by atoms with Crippen LogP contribution in [0.2, 0.25) is 5.02 Å². The van der Waals surface area contributed by atoms with Crippen LogP contribution in [0.5, 0.6) is 0 Å². The lowest BCUT2D eigenvalue weighted by atomic mass is 9.96. The first-order valence-electron chi connectivity index (χ1n) is 7.07. The van der Waals surface area contributed by atoms with Crippen LogP contribution in [-0.4, -0.2) is 19.0 Å². The van der Waals surface area contributed by atoms with Crippen LogP contribution in [-0.2, 0) is 5.41 Å². The second-order valence-corrected chi connectivity index (χ2v) is 5.79. The van der Waals surface area contributed by atoms with Gasteiger partial charge in [0.2, 0.25) is 0 Å². The molecule has 1 aliphatic rings. The van der Waals surface area contributed by atoms with E-state index in [1.165, 1.54) is 12.1 Å². The molecule has 1 aromatic rings. The number of aliphatic imine (C=N–C) groups is 1. The van der Waals surface area contributed by atoms with E-state index >= 15 is 0 Å². The van der Waals surface area contributed by atoms with E-state index in [-0.39, 0.29) is 35.2 Å². The maximum atomic E-state index is 13.1. The third kappa shape index (κ3) is 4.98. The summed E-state index contributed by atoms with van der Waals surface area (Å²) in [4.78, 5) is 4.40. The molecule has 0 bridgehead atoms. The minimum absolute atomic E-state index is 0. The van der Waals surface area contributed by atoms with Crippen LogP contribution in [0.25, 0.3) is 0 Å². The lowest BCUT2D eigenvalue weighted by Gasteiger charge is -2.15. The minimum atomic E-state index is -0.307. The van der Waals surface area contributed by atoms with Crippen LogP contribution in [0.4, 0.5) is 4.39 Å². The predicted molar refractivity (Wildman–Crippen MR) is 97.1 cm³/mol. The molecule has 1 saturated carbocycles. The number of guanidine groups is 1. The standard InChI is InChI=1S/C15H21ClFN3.HI/c1-2-3-8-19-14(18)20-10-15(6-7-15)12-5-4-11(17)9-13(12)16;/h4-5,9H,2-3,6-8,10H2,1H3,(H3,18,19,20);1H. The molecule has 1 fully saturated rings. The number of nitrogens with zero attached hydrogens (tertiary/aromatic N) is 1. The number of benzene rings is 1. The van der Waals surface area contributed by atoms with Gasteiger partial charge in [0.25, 0.3) is 0 Å². The van der Waals surface area contributed by atoms with E-state index in [0.717, 1.165) is 37.8 Å². The van der Waals surface area contributed by atoms with E-state index in [9.17, 15) is 4.39 Å². The highest BCUT2D eigenvalue weighted by atomic mass is 127. The van der Waals surface area contributed by atoms with Crippen LogP contribution in [0.1, 0.15) is 38.2 Å². The lowest BCUT2D eigenvalue weighted by Crippen LogP contribution is -2.33. The van der Waals surface area contributed by atoms with Gasteiger partial charge in [0, 0.05) is 17.0 Å². The molecule has 0 aromatic heterocycles. The average molecular weight is 426 g/mol. The quantitative estimate of drug-likeness (QED) is 0.315. The Labute approximate surface area is 147 Å². The molecule has 1 aliphatic carbocycles. The molecule has 0 unspecified atom stereocenters. The lowest BCUT2D eigenvalue weighted by molar-refractivity contribution is 0.623. The van der Waals surface area contributed by atoms with Crippen molar-refractivity contribution in [1.82, 2.24) is 5.32 Å². The van der Waals surface area contributed by atoms with Gasteiger partial charge in [0.15, 0.2) is 5.96 Å². The molecule has 6 heteroatoms. The van der Waals surface area contributed by atoms with E-state index in [4.69, 9.17) is 17.3 Å². The van der Waals surface area contributed by atoms with Gasteiger partial charge < -0.3 is 11.1 Å². The highest BCUT2D eigenvalue weighted by Crippen LogP contribution is 2.50. The molecule has 0 radical (unpaired) electrons. The van der Waals surface area contributed by atoms with E-state index in [1.54, 1.807) is 6.07 Å². The fourth-order valence-corrected chi connectivity index (χ4v) is 2.64. The van der Waals surface area contributed by atoms with Crippen molar-refractivity contribution in [2.24, 2.45) is 10.7 Å². The Hall–Kier alpha value is -0.560. The smallest absolute Gasteiger partial charge is 0.188 e. The number of hydrogen-bond donors (Lipinski definition) is 2. The molecule has 118 valence electrons. The molecule has 0 spiro atoms. The van der Waals surface area contributed by atoms with Gasteiger partial charge in [0.05, 0.1) is 6.54 Å². The van der Waals surface area contributed by atoms with E-state index < -0.39 is 0 Å². The second kappa shape index (κ2) is 8.17. The third-order valence-electron chi connectivity index (χ3n) is 3.74. The van der Waals surface area contributed by atoms with E-state index in [1.807, 2.05) is 0 Å². The number of nitrogens with one attached hydrogen (secondary N) is 1. The molecular weight excluding hydrogens is 404 g/mol. The van der Waals surface area contributed by atoms with Gasteiger partial charge in [-0.3, -0.25) is 4.99 Å². The number of nitrogens with two attached hydrogens (primary N) is 1. The van der Waals surface area contributed by atoms with Gasteiger partial charge >= 0.3 is 0 Å². The van der Waals surface area contributed by atoms with Crippen molar-refractivity contribution in [3.63, 3.8) is 0 Å². The molecule has 0 saturated heterocycles. The Morgan fingerprint density at radius 3 is 2.76 bits per heavy atom. The Morgan fingerprint density at radius 1 is 1.48 bits per heavy atom. The van der Waals surface area contributed by atoms with Crippen molar-refractivity contribution in [3.05, 3.63) is 34.6 Å². The first kappa shape index (κ1) is 18.5. The Balaban J connectivity index is 0.00000220. The molecule has 1 aromatic carbocycles. The first-order valence-corrected chi connectivity index (χ1v) is 7.44. The zero-order valence-electron chi connectivity index (χ0n) is 12.2. The molecule has 0 aliphatic heterocycles. The number of halogens is 3. The fraction of sp³-hybridized carbons (Fsp3) is 0.533. The Kier molecular flexibility index (Phi) is 7.20. The van der Waals surface area contributed by atoms with Crippen molar-refractivity contribution < 1.29 is 4.39 Å². The van der Waals surface area contributed by atoms with Gasteiger partial charge in [-0.15, -0.1) is 24.0 Å². The van der Waals surface area contributed by atoms with Crippen LogP contribution >= 0.6 is 35.6 Å². The first-order chi connectivity index (χ1) is 9.57. The Bertz CT molecular complexity index is 504. The zero-order valence-corrected chi connectivity index (χ0v) is 15.2. The summed E-state index contributed by atoms with van der Waals surface area (Å²) in [5.41, 5.74) is 6.76. The molecule has 0 atom stereocenters. The van der Waals surface area contributed by atoms with Crippen LogP contribution in [0, 0.1) is 5.82 Å². The highest BCUT2D eigenvalue weighted by Gasteiger charge is 2.45. The Morgan fingerprint density at radius 2 is 2.19 bits per heavy atom. The number of unbranched alkanes of at least 4 members (excludes halogenated alkanes) is 1. The average Bonchev–Trinajstić information content (AvgIpc) is 3.18. The summed E-state index contributed by atoms with van der Waals surface area (Å²) in [6, 6.07) is 4.58. The second-order valence-electron chi connectivity index (χ2n) is 5.39. The van der Waals surface area contributed by atoms with E-state index in [0.29, 0.717) is 17.5 Å². The zero-order chi connectivity index (χ0) is 14.6. The molecule has 0 heterocycles. The molecular formula is C15H22ClFIN3. The monoisotopic (exact) mass is 425 g/mol. The maximum absolute atomic E-state index is 13.1. The maximum Gasteiger partial charge on any atom is 0.188 e. The molecule has 3 N–H and O–H groups in total. The summed E-state index contributed by atoms with van der Waals surface area (Å²) in [6.45, 7) is 3.57. The van der Waals surface area contributed by atoms with Crippen molar-refractivity contribution in [1.29, 1.82) is 0 Å². The summed E-state index contributed by atoms with van der Waals surface area (Å²) < 4.78 is 13.1. The summed E-state index contributed by atoms with van der Waals surface area (Å²) >= 11 is 6.14. The molecule has 3 nitrogen and oxygen atoms in total. The minimum Gasteiger partial charge on any atom is -0.370 e. The SMILES string of the molecule is CCCCNC(N)=NCC1(c2ccc(F)cc2Cl)CC1.I. The van der Waals surface area contributed by atoms with Gasteiger partial charge in [-0.2, -0.15) is 0 Å². The summed E-state index contributed by atoms with van der Waals surface area (Å²) in [6.07, 6.45) is 4.23. The molecule has 2 rings (SSSR count). The van der Waals surface area contributed by atoms with Gasteiger partial charge in [-0.1, -0.05) is 31.0 Å². The largest absolute Gasteiger partial charge is 0.370 e. The van der Waals surface area contributed by atoms with Gasteiger partial charge in [-0.25, -0.2) is 4.39 Å². The number of hydrogen-bond acceptors (Lipinski definition) is 1. The van der Waals surface area contributed by atoms with Crippen LogP contribution in [0.3, 0.4) is 0 Å². The van der Waals surface area contributed by atoms with Crippen molar-refractivity contribution in [2.75, 3.05) is 13.1 Å². The van der Waals surface area contributed by atoms with Gasteiger partial charge in [0.1, 0.15) is 5.82 Å². The van der Waals surface area contributed by atoms with Crippen molar-refractivity contribution >= 4 is 41.5 Å². The van der Waals surface area contributed by atoms with Crippen LogP contribution in [0.15, 0.2) is 23.2 Å². The predicted octanol–water partition coefficient (Wildman–Crippen LogP) is 3.83. The third-order valence-corrected chi connectivity index (χ3v) is 4.06. The normalized spacial score (nSPS) is 16.2. The van der Waals surface area contributed by atoms with E-state index in [2.05, 4.69) is 17.2 Å². The number of rotatable bonds is 6. The highest BCUT2D eigenvalue weighted by molar-refractivity contribution is 14.0.